The molecular formula is C43H86CoO21S2-2. The fraction of sp³-hybridized carbons (Fsp3) is 0.930. The first-order chi connectivity index (χ1) is 33.2. The Hall–Kier alpha value is -0.244. The molecule has 0 saturated heterocycles. The maximum atomic E-state index is 11.2. The van der Waals surface area contributed by atoms with Gasteiger partial charge in [-0.05, 0) is 0 Å². The van der Waals surface area contributed by atoms with Gasteiger partial charge in [0.1, 0.15) is 6.61 Å². The molecule has 0 rings (SSSR count). The second-order valence-corrected chi connectivity index (χ2v) is 13.3. The molecule has 0 aliphatic carbocycles. The number of hydrogen-bond acceptors (Lipinski definition) is 23. The number of rotatable bonds is 57. The van der Waals surface area contributed by atoms with Gasteiger partial charge in [0, 0.05) is 5.75 Å². The van der Waals surface area contributed by atoms with Crippen LogP contribution in [0.5, 0.6) is 0 Å². The number of hydrogen-bond donors (Lipinski definition) is 2. The molecule has 0 saturated carbocycles. The average molecular weight is 1060 g/mol. The van der Waals surface area contributed by atoms with E-state index in [2.05, 4.69) is 54.8 Å². The second kappa shape index (κ2) is 72.3. The van der Waals surface area contributed by atoms with Crippen LogP contribution in [0.1, 0.15) is 6.42 Å². The van der Waals surface area contributed by atoms with Crippen molar-refractivity contribution in [3.8, 4) is 0 Å². The Labute approximate surface area is 420 Å². The van der Waals surface area contributed by atoms with E-state index < -0.39 is 0 Å². The first kappa shape index (κ1) is 71.0. The fourth-order valence-corrected chi connectivity index (χ4v) is 4.40. The molecule has 0 aliphatic rings. The second-order valence-electron chi connectivity index (χ2n) is 12.4. The zero-order valence-electron chi connectivity index (χ0n) is 40.0. The first-order valence-corrected chi connectivity index (χ1v) is 24.4. The number of thiol groups is 2. The molecule has 0 atom stereocenters. The summed E-state index contributed by atoms with van der Waals surface area (Å²) in [6.07, 6.45) is 0.301. The van der Waals surface area contributed by atoms with Gasteiger partial charge in [-0.2, -0.15) is 12.6 Å². The van der Waals surface area contributed by atoms with E-state index in [9.17, 15) is 4.79 Å². The molecule has 0 bridgehead atoms. The monoisotopic (exact) mass is 1060 g/mol. The molecule has 67 heavy (non-hydrogen) atoms. The van der Waals surface area contributed by atoms with Crippen molar-refractivity contribution in [1.82, 2.24) is 0 Å². The summed E-state index contributed by atoms with van der Waals surface area (Å²) >= 11 is 9.96. The van der Waals surface area contributed by atoms with Gasteiger partial charge in [0.2, 0.25) is 0 Å². The molecule has 21 nitrogen and oxygen atoms in total. The minimum absolute atomic E-state index is 0.236. The van der Waals surface area contributed by atoms with E-state index in [1.807, 2.05) is 0 Å². The van der Waals surface area contributed by atoms with Crippen LogP contribution in [0.2, 0.25) is 0 Å². The fourth-order valence-electron chi connectivity index (χ4n) is 4.22. The summed E-state index contributed by atoms with van der Waals surface area (Å²) in [5.74, 6) is 0.900. The van der Waals surface area contributed by atoms with E-state index >= 15 is 0 Å². The van der Waals surface area contributed by atoms with Crippen LogP contribution in [-0.4, -0.2) is 262 Å². The van der Waals surface area contributed by atoms with Gasteiger partial charge in [-0.1, -0.05) is 6.61 Å². The SMILES string of the molecule is [CH2-]COCCOCCOCCOCCOCCOCCOCCOCCOCCOCCOCCOCCOCCOCCOCCOCCOCCOCCOC(=O)CCS.[CH2-]CS.[O]=[Co]. The maximum absolute atomic E-state index is 11.2. The molecule has 0 aromatic rings. The molecule has 407 valence electrons. The number of ether oxygens (including phenoxy) is 19. The molecule has 0 radical (unpaired) electrons. The standard InChI is InChI=1S/C41H81O20S.C2H5S.Co.O/c1-2-43-4-5-44-6-7-45-8-9-46-10-11-47-12-13-48-14-15-49-16-17-50-18-19-51-20-21-52-22-23-53-24-25-54-26-27-55-28-29-56-30-31-57-32-33-58-34-35-59-36-37-60-38-39-61-41(42)3-40-62;1-2-3;;/h62H,1-40H2;3H,1-2H2;;/q2*-1;;. The van der Waals surface area contributed by atoms with Crippen molar-refractivity contribution < 1.29 is 114 Å². The zero-order chi connectivity index (χ0) is 49.3. The Morgan fingerprint density at radius 2 is 0.418 bits per heavy atom. The third kappa shape index (κ3) is 74.9. The molecule has 0 heterocycles. The van der Waals surface area contributed by atoms with Crippen LogP contribution in [0.15, 0.2) is 0 Å². The van der Waals surface area contributed by atoms with Gasteiger partial charge in [-0.15, -0.1) is 5.75 Å². The molecule has 24 heteroatoms. The van der Waals surface area contributed by atoms with Crippen molar-refractivity contribution in [3.05, 3.63) is 13.8 Å². The van der Waals surface area contributed by atoms with Crippen LogP contribution < -0.4 is 0 Å². The summed E-state index contributed by atoms with van der Waals surface area (Å²) in [6.45, 7) is 24.8. The van der Waals surface area contributed by atoms with Crippen LogP contribution in [-0.2, 0) is 114 Å². The summed E-state index contributed by atoms with van der Waals surface area (Å²) in [5, 5.41) is 0. The van der Waals surface area contributed by atoms with Gasteiger partial charge >= 0.3 is 25.5 Å². The summed E-state index contributed by atoms with van der Waals surface area (Å²) in [6, 6.07) is 0. The van der Waals surface area contributed by atoms with Crippen LogP contribution in [0.3, 0.4) is 0 Å². The molecule has 0 aromatic heterocycles. The van der Waals surface area contributed by atoms with Gasteiger partial charge < -0.3 is 104 Å². The van der Waals surface area contributed by atoms with Crippen molar-refractivity contribution >= 4 is 31.2 Å². The quantitative estimate of drug-likeness (QED) is 0.0384. The third-order valence-electron chi connectivity index (χ3n) is 7.28. The van der Waals surface area contributed by atoms with Crippen molar-refractivity contribution in [2.45, 2.75) is 6.42 Å². The molecular weight excluding hydrogens is 976 g/mol. The summed E-state index contributed by atoms with van der Waals surface area (Å²) in [7, 11) is 0. The average Bonchev–Trinajstić information content (AvgIpc) is 3.33. The van der Waals surface area contributed by atoms with Crippen molar-refractivity contribution in [2.75, 3.05) is 256 Å². The number of carbonyl (C=O) groups excluding carboxylic acids is 1. The normalized spacial score (nSPS) is 11.1. The summed E-state index contributed by atoms with van der Waals surface area (Å²) in [4.78, 5) is 11.2. The Kier molecular flexibility index (Phi) is 76.6. The summed E-state index contributed by atoms with van der Waals surface area (Å²) in [5.41, 5.74) is 0. The number of esters is 1. The van der Waals surface area contributed by atoms with Gasteiger partial charge in [-0.25, -0.2) is 12.6 Å². The van der Waals surface area contributed by atoms with Crippen LogP contribution in [0.4, 0.5) is 0 Å². The van der Waals surface area contributed by atoms with Crippen molar-refractivity contribution in [3.63, 3.8) is 0 Å². The molecule has 0 aliphatic heterocycles. The van der Waals surface area contributed by atoms with Crippen LogP contribution >= 0.6 is 25.3 Å². The summed E-state index contributed by atoms with van der Waals surface area (Å²) < 4.78 is 111. The van der Waals surface area contributed by atoms with E-state index in [0.717, 1.165) is 0 Å². The van der Waals surface area contributed by atoms with E-state index in [1.54, 1.807) is 0 Å². The van der Waals surface area contributed by atoms with E-state index in [-0.39, 0.29) is 12.6 Å². The minimum atomic E-state index is -0.269. The Morgan fingerprint density at radius 3 is 0.552 bits per heavy atom. The van der Waals surface area contributed by atoms with Gasteiger partial charge in [-0.3, -0.25) is 4.79 Å². The molecule has 0 amide bonds. The van der Waals surface area contributed by atoms with Gasteiger partial charge in [0.15, 0.2) is 0 Å². The predicted molar refractivity (Wildman–Crippen MR) is 249 cm³/mol. The topological polar surface area (TPSA) is 210 Å². The Bertz CT molecular complexity index is 873. The third-order valence-corrected chi connectivity index (χ3v) is 7.50. The molecule has 0 spiro atoms. The first-order valence-electron chi connectivity index (χ1n) is 22.7. The van der Waals surface area contributed by atoms with Crippen molar-refractivity contribution in [2.24, 2.45) is 0 Å². The van der Waals surface area contributed by atoms with Gasteiger partial charge in [0.05, 0.1) is 238 Å². The molecule has 0 unspecified atom stereocenters. The van der Waals surface area contributed by atoms with Crippen LogP contribution in [0.25, 0.3) is 0 Å². The number of carbonyl (C=O) groups is 1. The molecule has 0 fully saturated rings. The van der Waals surface area contributed by atoms with E-state index in [1.165, 1.54) is 0 Å². The Morgan fingerprint density at radius 1 is 0.284 bits per heavy atom. The molecule has 0 N–H and O–H groups in total. The zero-order valence-corrected chi connectivity index (χ0v) is 42.8. The van der Waals surface area contributed by atoms with E-state index in [0.29, 0.717) is 256 Å². The van der Waals surface area contributed by atoms with E-state index in [4.69, 9.17) is 93.9 Å². The predicted octanol–water partition coefficient (Wildman–Crippen LogP) is 1.61. The Balaban J connectivity index is -0.00000784. The van der Waals surface area contributed by atoms with Crippen LogP contribution in [0, 0.1) is 13.8 Å². The van der Waals surface area contributed by atoms with Crippen molar-refractivity contribution in [1.29, 1.82) is 0 Å². The van der Waals surface area contributed by atoms with Gasteiger partial charge in [0.25, 0.3) is 0 Å². The molecule has 0 aromatic carbocycles.